The number of aromatic amines is 1. The van der Waals surface area contributed by atoms with Gasteiger partial charge in [0.15, 0.2) is 10.9 Å². The van der Waals surface area contributed by atoms with Gasteiger partial charge in [0, 0.05) is 18.2 Å². The first kappa shape index (κ1) is 23.3. The zero-order valence-corrected chi connectivity index (χ0v) is 19.1. The first-order chi connectivity index (χ1) is 15.3. The number of hydrogen-bond donors (Lipinski definition) is 3. The summed E-state index contributed by atoms with van der Waals surface area (Å²) < 4.78 is 5.08. The molecule has 2 aromatic carbocycles. The minimum absolute atomic E-state index is 0.00476. The van der Waals surface area contributed by atoms with E-state index < -0.39 is 5.56 Å². The van der Waals surface area contributed by atoms with Crippen molar-refractivity contribution in [3.05, 3.63) is 57.3 Å². The van der Waals surface area contributed by atoms with E-state index in [0.29, 0.717) is 27.7 Å². The highest BCUT2D eigenvalue weighted by Crippen LogP contribution is 2.28. The average Bonchev–Trinajstić information content (AvgIpc) is 2.73. The van der Waals surface area contributed by atoms with Crippen LogP contribution in [0.25, 0.3) is 11.3 Å². The highest BCUT2D eigenvalue weighted by atomic mass is 35.5. The fourth-order valence-corrected chi connectivity index (χ4v) is 3.65. The Morgan fingerprint density at radius 3 is 2.59 bits per heavy atom. The number of amides is 2. The zero-order valence-electron chi connectivity index (χ0n) is 17.5. The van der Waals surface area contributed by atoms with Crippen molar-refractivity contribution in [2.75, 3.05) is 23.5 Å². The third kappa shape index (κ3) is 5.86. The van der Waals surface area contributed by atoms with Crippen molar-refractivity contribution in [3.8, 4) is 17.0 Å². The molecule has 2 amide bonds. The Bertz CT molecular complexity index is 1230. The van der Waals surface area contributed by atoms with E-state index in [2.05, 4.69) is 25.8 Å². The number of carbonyl (C=O) groups is 2. The number of carbonyl (C=O) groups excluding carboxylic acids is 2. The Labute approximate surface area is 192 Å². The average molecular weight is 474 g/mol. The second-order valence-corrected chi connectivity index (χ2v) is 8.10. The van der Waals surface area contributed by atoms with Crippen LogP contribution < -0.4 is 20.9 Å². The van der Waals surface area contributed by atoms with Gasteiger partial charge in [0.25, 0.3) is 5.56 Å². The predicted molar refractivity (Wildman–Crippen MR) is 124 cm³/mol. The summed E-state index contributed by atoms with van der Waals surface area (Å²) in [5.74, 6) is -0.0810. The van der Waals surface area contributed by atoms with Gasteiger partial charge in [-0.1, -0.05) is 35.0 Å². The molecule has 11 heteroatoms. The molecule has 0 spiro atoms. The first-order valence-corrected chi connectivity index (χ1v) is 10.7. The second kappa shape index (κ2) is 10.3. The van der Waals surface area contributed by atoms with Crippen molar-refractivity contribution < 1.29 is 14.3 Å². The van der Waals surface area contributed by atoms with Crippen LogP contribution in [0.1, 0.15) is 12.5 Å². The lowest BCUT2D eigenvalue weighted by atomic mass is 10.1. The third-order valence-electron chi connectivity index (χ3n) is 4.19. The van der Waals surface area contributed by atoms with Crippen molar-refractivity contribution in [2.24, 2.45) is 0 Å². The maximum Gasteiger partial charge on any atom is 0.278 e. The van der Waals surface area contributed by atoms with Crippen LogP contribution in [0.15, 0.2) is 46.3 Å². The topological polar surface area (TPSA) is 126 Å². The van der Waals surface area contributed by atoms with E-state index in [9.17, 15) is 14.4 Å². The van der Waals surface area contributed by atoms with Gasteiger partial charge in [-0.3, -0.25) is 19.4 Å². The van der Waals surface area contributed by atoms with Crippen LogP contribution in [0.2, 0.25) is 5.02 Å². The largest absolute Gasteiger partial charge is 0.495 e. The van der Waals surface area contributed by atoms with Crippen molar-refractivity contribution in [3.63, 3.8) is 0 Å². The lowest BCUT2D eigenvalue weighted by Crippen LogP contribution is -2.18. The summed E-state index contributed by atoms with van der Waals surface area (Å²) in [6.45, 7) is 3.24. The summed E-state index contributed by atoms with van der Waals surface area (Å²) in [6, 6.07) is 10.1. The molecule has 166 valence electrons. The van der Waals surface area contributed by atoms with Crippen molar-refractivity contribution >= 4 is 46.6 Å². The fourth-order valence-electron chi connectivity index (χ4n) is 2.79. The van der Waals surface area contributed by atoms with E-state index in [-0.39, 0.29) is 28.4 Å². The molecule has 0 saturated carbocycles. The number of ether oxygens (including phenoxy) is 1. The summed E-state index contributed by atoms with van der Waals surface area (Å²) in [5, 5.41) is 14.0. The zero-order chi connectivity index (χ0) is 23.3. The predicted octanol–water partition coefficient (Wildman–Crippen LogP) is 3.49. The van der Waals surface area contributed by atoms with E-state index in [1.165, 1.54) is 14.0 Å². The number of halogens is 1. The molecule has 3 N–H and O–H groups in total. The number of H-pyrrole nitrogens is 1. The SMILES string of the molecule is COc1ccc(NC(=O)CSc2nnc(-c3cc(C)ccc3NC(C)=O)c(=O)[nH]2)cc1Cl. The fraction of sp³-hybridized carbons (Fsp3) is 0.190. The number of aryl methyl sites for hydroxylation is 1. The van der Waals surface area contributed by atoms with Crippen LogP contribution >= 0.6 is 23.4 Å². The number of hydrogen-bond acceptors (Lipinski definition) is 7. The van der Waals surface area contributed by atoms with Gasteiger partial charge in [0.1, 0.15) is 5.75 Å². The smallest absolute Gasteiger partial charge is 0.278 e. The second-order valence-electron chi connectivity index (χ2n) is 6.72. The molecule has 1 heterocycles. The van der Waals surface area contributed by atoms with E-state index >= 15 is 0 Å². The molecular weight excluding hydrogens is 454 g/mol. The molecule has 0 unspecified atom stereocenters. The molecule has 0 radical (unpaired) electrons. The molecule has 0 aliphatic rings. The van der Waals surface area contributed by atoms with Gasteiger partial charge < -0.3 is 15.4 Å². The van der Waals surface area contributed by atoms with Gasteiger partial charge in [-0.25, -0.2) is 0 Å². The molecule has 3 rings (SSSR count). The lowest BCUT2D eigenvalue weighted by Gasteiger charge is -2.10. The number of benzene rings is 2. The number of methoxy groups -OCH3 is 1. The Hall–Kier alpha value is -3.37. The van der Waals surface area contributed by atoms with Crippen molar-refractivity contribution in [2.45, 2.75) is 19.0 Å². The van der Waals surface area contributed by atoms with Crippen molar-refractivity contribution in [1.82, 2.24) is 15.2 Å². The molecule has 0 saturated heterocycles. The molecule has 0 aliphatic heterocycles. The normalized spacial score (nSPS) is 10.5. The van der Waals surface area contributed by atoms with Crippen LogP contribution in [0.3, 0.4) is 0 Å². The summed E-state index contributed by atoms with van der Waals surface area (Å²) in [7, 11) is 1.50. The molecule has 0 bridgehead atoms. The van der Waals surface area contributed by atoms with Gasteiger partial charge in [0.2, 0.25) is 11.8 Å². The molecule has 9 nitrogen and oxygen atoms in total. The highest BCUT2D eigenvalue weighted by Gasteiger charge is 2.15. The minimum atomic E-state index is -0.484. The Kier molecular flexibility index (Phi) is 7.49. The minimum Gasteiger partial charge on any atom is -0.495 e. The van der Waals surface area contributed by atoms with Gasteiger partial charge in [-0.2, -0.15) is 0 Å². The van der Waals surface area contributed by atoms with Gasteiger partial charge >= 0.3 is 0 Å². The molecule has 0 aliphatic carbocycles. The maximum atomic E-state index is 12.6. The summed E-state index contributed by atoms with van der Waals surface area (Å²) >= 11 is 7.08. The van der Waals surface area contributed by atoms with Crippen LogP contribution in [0.5, 0.6) is 5.75 Å². The van der Waals surface area contributed by atoms with Gasteiger partial charge in [-0.15, -0.1) is 10.2 Å². The summed E-state index contributed by atoms with van der Waals surface area (Å²) in [4.78, 5) is 38.9. The number of nitrogens with zero attached hydrogens (tertiary/aromatic N) is 2. The standard InChI is InChI=1S/C21H20ClN5O4S/c1-11-4-6-16(23-12(2)28)14(8-11)19-20(30)25-21(27-26-19)32-10-18(29)24-13-5-7-17(31-3)15(22)9-13/h4-9H,10H2,1-3H3,(H,23,28)(H,24,29)(H,25,27,30). The molecule has 0 atom stereocenters. The molecular formula is C21H20ClN5O4S. The Morgan fingerprint density at radius 1 is 1.16 bits per heavy atom. The van der Waals surface area contributed by atoms with Gasteiger partial charge in [-0.05, 0) is 37.3 Å². The molecule has 1 aromatic heterocycles. The maximum absolute atomic E-state index is 12.6. The van der Waals surface area contributed by atoms with Crippen molar-refractivity contribution in [1.29, 1.82) is 0 Å². The van der Waals surface area contributed by atoms with Crippen LogP contribution in [0, 0.1) is 6.92 Å². The summed E-state index contributed by atoms with van der Waals surface area (Å²) in [6.07, 6.45) is 0. The van der Waals surface area contributed by atoms with E-state index in [1.54, 1.807) is 30.3 Å². The monoisotopic (exact) mass is 473 g/mol. The number of rotatable bonds is 7. The summed E-state index contributed by atoms with van der Waals surface area (Å²) in [5.41, 5.74) is 1.91. The Balaban J connectivity index is 1.70. The molecule has 32 heavy (non-hydrogen) atoms. The van der Waals surface area contributed by atoms with E-state index in [1.807, 2.05) is 13.0 Å². The third-order valence-corrected chi connectivity index (χ3v) is 5.35. The quantitative estimate of drug-likeness (QED) is 0.448. The van der Waals surface area contributed by atoms with E-state index in [0.717, 1.165) is 17.3 Å². The number of anilines is 2. The number of nitrogens with one attached hydrogen (secondary N) is 3. The lowest BCUT2D eigenvalue weighted by molar-refractivity contribution is -0.114. The molecule has 3 aromatic rings. The van der Waals surface area contributed by atoms with Gasteiger partial charge in [0.05, 0.1) is 23.6 Å². The Morgan fingerprint density at radius 2 is 1.94 bits per heavy atom. The van der Waals surface area contributed by atoms with Crippen LogP contribution in [-0.2, 0) is 9.59 Å². The first-order valence-electron chi connectivity index (χ1n) is 9.38. The van der Waals surface area contributed by atoms with E-state index in [4.69, 9.17) is 16.3 Å². The van der Waals surface area contributed by atoms with Crippen LogP contribution in [0.4, 0.5) is 11.4 Å². The highest BCUT2D eigenvalue weighted by molar-refractivity contribution is 7.99. The molecule has 0 fully saturated rings. The number of aromatic nitrogens is 3. The van der Waals surface area contributed by atoms with Crippen LogP contribution in [-0.4, -0.2) is 39.9 Å². The number of thioether (sulfide) groups is 1.